The van der Waals surface area contributed by atoms with Gasteiger partial charge in [0.2, 0.25) is 5.91 Å². The molecule has 1 aromatic rings. The van der Waals surface area contributed by atoms with Crippen LogP contribution >= 0.6 is 11.6 Å². The molecule has 3 saturated heterocycles. The average Bonchev–Trinajstić information content (AvgIpc) is 3.09. The molecule has 3 heterocycles. The van der Waals surface area contributed by atoms with Crippen LogP contribution in [0.3, 0.4) is 0 Å². The van der Waals surface area contributed by atoms with Crippen LogP contribution in [0.2, 0.25) is 5.02 Å². The minimum atomic E-state index is -0.466. The van der Waals surface area contributed by atoms with Gasteiger partial charge in [0.25, 0.3) is 0 Å². The second-order valence-corrected chi connectivity index (χ2v) is 6.30. The number of halogens is 2. The van der Waals surface area contributed by atoms with E-state index in [1.807, 2.05) is 4.90 Å². The number of carbonyl (C=O) groups excluding carboxylic acids is 1. The van der Waals surface area contributed by atoms with Gasteiger partial charge in [-0.15, -0.1) is 0 Å². The number of hydrogen-bond acceptors (Lipinski definition) is 3. The van der Waals surface area contributed by atoms with Gasteiger partial charge in [0.05, 0.1) is 17.7 Å². The molecular weight excluding hydrogens is 295 g/mol. The van der Waals surface area contributed by atoms with Crippen LogP contribution < -0.4 is 0 Å². The monoisotopic (exact) mass is 310 g/mol. The van der Waals surface area contributed by atoms with Gasteiger partial charge in [-0.2, -0.15) is 0 Å². The van der Waals surface area contributed by atoms with Crippen LogP contribution in [-0.4, -0.2) is 47.2 Å². The van der Waals surface area contributed by atoms with Crippen LogP contribution in [0.15, 0.2) is 18.2 Å². The van der Waals surface area contributed by atoms with Crippen LogP contribution in [0, 0.1) is 5.82 Å². The number of rotatable bonds is 2. The predicted octanol–water partition coefficient (Wildman–Crippen LogP) is 2.01. The Morgan fingerprint density at radius 2 is 2.29 bits per heavy atom. The molecule has 21 heavy (non-hydrogen) atoms. The summed E-state index contributed by atoms with van der Waals surface area (Å²) in [6.07, 6.45) is 1.26. The molecule has 4 nitrogen and oxygen atoms in total. The topological polar surface area (TPSA) is 32.8 Å². The SMILES string of the molecule is O=C1CC2N(Cc3cccc(Cl)c3F)CCC23OCCN13. The van der Waals surface area contributed by atoms with Crippen molar-refractivity contribution in [1.29, 1.82) is 0 Å². The lowest BCUT2D eigenvalue weighted by Gasteiger charge is -2.31. The van der Waals surface area contributed by atoms with Crippen LogP contribution in [0.5, 0.6) is 0 Å². The van der Waals surface area contributed by atoms with E-state index in [-0.39, 0.29) is 22.8 Å². The van der Waals surface area contributed by atoms with E-state index in [0.29, 0.717) is 31.7 Å². The van der Waals surface area contributed by atoms with Crippen molar-refractivity contribution in [3.8, 4) is 0 Å². The van der Waals surface area contributed by atoms with E-state index < -0.39 is 5.72 Å². The molecule has 3 aliphatic heterocycles. The highest BCUT2D eigenvalue weighted by Crippen LogP contribution is 2.46. The van der Waals surface area contributed by atoms with Crippen molar-refractivity contribution in [3.63, 3.8) is 0 Å². The summed E-state index contributed by atoms with van der Waals surface area (Å²) in [4.78, 5) is 16.1. The summed E-state index contributed by atoms with van der Waals surface area (Å²) in [5, 5.41) is 0.141. The third kappa shape index (κ3) is 1.84. The van der Waals surface area contributed by atoms with Crippen molar-refractivity contribution < 1.29 is 13.9 Å². The number of carbonyl (C=O) groups is 1. The number of benzene rings is 1. The molecule has 1 spiro atoms. The number of ether oxygens (including phenoxy) is 1. The summed E-state index contributed by atoms with van der Waals surface area (Å²) in [5.74, 6) is -0.220. The molecule has 0 aliphatic carbocycles. The predicted molar refractivity (Wildman–Crippen MR) is 75.2 cm³/mol. The van der Waals surface area contributed by atoms with Crippen LogP contribution in [-0.2, 0) is 16.1 Å². The van der Waals surface area contributed by atoms with Gasteiger partial charge in [-0.05, 0) is 6.07 Å². The third-order valence-electron chi connectivity index (χ3n) is 4.92. The van der Waals surface area contributed by atoms with Gasteiger partial charge in [0.1, 0.15) is 5.82 Å². The van der Waals surface area contributed by atoms with Crippen LogP contribution in [0.1, 0.15) is 18.4 Å². The summed E-state index contributed by atoms with van der Waals surface area (Å²) >= 11 is 5.84. The maximum atomic E-state index is 14.1. The molecule has 0 N–H and O–H groups in total. The van der Waals surface area contributed by atoms with Crippen LogP contribution in [0.25, 0.3) is 0 Å². The summed E-state index contributed by atoms with van der Waals surface area (Å²) in [7, 11) is 0. The fourth-order valence-corrected chi connectivity index (χ4v) is 4.15. The third-order valence-corrected chi connectivity index (χ3v) is 5.21. The fraction of sp³-hybridized carbons (Fsp3) is 0.533. The summed E-state index contributed by atoms with van der Waals surface area (Å²) in [6, 6.07) is 5.07. The molecule has 2 atom stereocenters. The van der Waals surface area contributed by atoms with Crippen LogP contribution in [0.4, 0.5) is 4.39 Å². The molecule has 6 heteroatoms. The zero-order valence-corrected chi connectivity index (χ0v) is 12.3. The van der Waals surface area contributed by atoms with E-state index in [4.69, 9.17) is 16.3 Å². The summed E-state index contributed by atoms with van der Waals surface area (Å²) < 4.78 is 20.0. The quantitative estimate of drug-likeness (QED) is 0.838. The first-order valence-corrected chi connectivity index (χ1v) is 7.61. The highest BCUT2D eigenvalue weighted by molar-refractivity contribution is 6.30. The van der Waals surface area contributed by atoms with Gasteiger partial charge in [0, 0.05) is 38.0 Å². The Labute approximate surface area is 127 Å². The molecule has 4 rings (SSSR count). The molecule has 3 aliphatic rings. The van der Waals surface area contributed by atoms with Gasteiger partial charge in [0.15, 0.2) is 5.72 Å². The number of hydrogen-bond donors (Lipinski definition) is 0. The highest BCUT2D eigenvalue weighted by Gasteiger charge is 2.61. The molecule has 0 bridgehead atoms. The lowest BCUT2D eigenvalue weighted by molar-refractivity contribution is -0.136. The number of nitrogens with zero attached hydrogens (tertiary/aromatic N) is 2. The second kappa shape index (κ2) is 4.66. The fourth-order valence-electron chi connectivity index (χ4n) is 3.95. The van der Waals surface area contributed by atoms with Crippen molar-refractivity contribution in [2.75, 3.05) is 19.7 Å². The maximum absolute atomic E-state index is 14.1. The zero-order chi connectivity index (χ0) is 14.6. The molecule has 1 amide bonds. The average molecular weight is 311 g/mol. The Bertz CT molecular complexity index is 611. The first kappa shape index (κ1) is 13.5. The maximum Gasteiger partial charge on any atom is 0.226 e. The summed E-state index contributed by atoms with van der Waals surface area (Å²) in [5.41, 5.74) is 0.106. The first-order chi connectivity index (χ1) is 10.1. The van der Waals surface area contributed by atoms with Crippen molar-refractivity contribution in [3.05, 3.63) is 34.6 Å². The van der Waals surface area contributed by atoms with Gasteiger partial charge < -0.3 is 9.64 Å². The molecule has 3 fully saturated rings. The zero-order valence-electron chi connectivity index (χ0n) is 11.5. The van der Waals surface area contributed by atoms with E-state index in [1.54, 1.807) is 18.2 Å². The minimum Gasteiger partial charge on any atom is -0.352 e. The molecular formula is C15H16ClFN2O2. The molecule has 0 radical (unpaired) electrons. The first-order valence-electron chi connectivity index (χ1n) is 7.23. The standard InChI is InChI=1S/C15H16ClFN2O2/c16-11-3-1-2-10(14(11)17)9-18-5-4-15-12(18)8-13(20)19(15)6-7-21-15/h1-3,12H,4-9H2. The highest BCUT2D eigenvalue weighted by atomic mass is 35.5. The lowest BCUT2D eigenvalue weighted by atomic mass is 10.1. The molecule has 0 saturated carbocycles. The van der Waals surface area contributed by atoms with Gasteiger partial charge in [-0.1, -0.05) is 23.7 Å². The normalized spacial score (nSPS) is 31.8. The lowest BCUT2D eigenvalue weighted by Crippen LogP contribution is -2.47. The largest absolute Gasteiger partial charge is 0.352 e. The molecule has 2 unspecified atom stereocenters. The summed E-state index contributed by atoms with van der Waals surface area (Å²) in [6.45, 7) is 2.54. The van der Waals surface area contributed by atoms with E-state index in [9.17, 15) is 9.18 Å². The van der Waals surface area contributed by atoms with E-state index in [1.165, 1.54) is 0 Å². The minimum absolute atomic E-state index is 0.0193. The van der Waals surface area contributed by atoms with Gasteiger partial charge >= 0.3 is 0 Å². The van der Waals surface area contributed by atoms with Crippen molar-refractivity contribution in [2.24, 2.45) is 0 Å². The number of amides is 1. The number of likely N-dealkylation sites (tertiary alicyclic amines) is 1. The van der Waals surface area contributed by atoms with Gasteiger partial charge in [-0.3, -0.25) is 9.69 Å². The van der Waals surface area contributed by atoms with Crippen molar-refractivity contribution >= 4 is 17.5 Å². The Morgan fingerprint density at radius 3 is 3.14 bits per heavy atom. The smallest absolute Gasteiger partial charge is 0.226 e. The molecule has 1 aromatic carbocycles. The van der Waals surface area contributed by atoms with E-state index in [2.05, 4.69) is 4.90 Å². The Hall–Kier alpha value is -1.17. The second-order valence-electron chi connectivity index (χ2n) is 5.89. The Balaban J connectivity index is 1.61. The van der Waals surface area contributed by atoms with Crippen molar-refractivity contribution in [2.45, 2.75) is 31.2 Å². The van der Waals surface area contributed by atoms with E-state index in [0.717, 1.165) is 13.0 Å². The molecule has 0 aromatic heterocycles. The molecule has 112 valence electrons. The van der Waals surface area contributed by atoms with E-state index >= 15 is 0 Å². The van der Waals surface area contributed by atoms with Crippen molar-refractivity contribution in [1.82, 2.24) is 9.80 Å². The Morgan fingerprint density at radius 1 is 1.43 bits per heavy atom. The van der Waals surface area contributed by atoms with Gasteiger partial charge in [-0.25, -0.2) is 4.39 Å². The Kier molecular flexibility index (Phi) is 3.00.